The Bertz CT molecular complexity index is 651. The number of nitrogens with two attached hydrogens (primary N) is 1. The fraction of sp³-hybridized carbons (Fsp3) is 0. The fourth-order valence-corrected chi connectivity index (χ4v) is 1.81. The Labute approximate surface area is 121 Å². The normalized spacial score (nSPS) is 10.3. The Kier molecular flexibility index (Phi) is 4.01. The average Bonchev–Trinajstić information content (AvgIpc) is 2.37. The van der Waals surface area contributed by atoms with Crippen molar-refractivity contribution in [2.24, 2.45) is 0 Å². The van der Waals surface area contributed by atoms with E-state index in [1.165, 1.54) is 18.3 Å². The molecule has 1 amide bonds. The third-order valence-corrected chi connectivity index (χ3v) is 3.45. The molecule has 19 heavy (non-hydrogen) atoms. The molecule has 1 aromatic carbocycles. The first-order valence-corrected chi connectivity index (χ1v) is 6.32. The van der Waals surface area contributed by atoms with Crippen LogP contribution in [0.3, 0.4) is 0 Å². The molecule has 0 saturated carbocycles. The summed E-state index contributed by atoms with van der Waals surface area (Å²) in [5, 5.41) is 2.86. The number of carbonyl (C=O) groups excluding carboxylic acids is 1. The summed E-state index contributed by atoms with van der Waals surface area (Å²) < 4.78 is 13.8. The SMILES string of the molecule is Nc1ccc(C(=O)Nc2cnc(Cl)c(Br)c2)cc1F. The van der Waals surface area contributed by atoms with Crippen molar-refractivity contribution >= 4 is 44.8 Å². The highest BCUT2D eigenvalue weighted by Gasteiger charge is 2.10. The van der Waals surface area contributed by atoms with Crippen molar-refractivity contribution in [3.63, 3.8) is 0 Å². The van der Waals surface area contributed by atoms with Crippen molar-refractivity contribution in [2.75, 3.05) is 11.1 Å². The number of nitrogens with one attached hydrogen (secondary N) is 1. The van der Waals surface area contributed by atoms with Crippen LogP contribution in [0.5, 0.6) is 0 Å². The molecule has 1 heterocycles. The van der Waals surface area contributed by atoms with Crippen LogP contribution in [0, 0.1) is 5.82 Å². The maximum atomic E-state index is 13.3. The van der Waals surface area contributed by atoms with Gasteiger partial charge in [0.15, 0.2) is 0 Å². The standard InChI is InChI=1S/C12H8BrClFN3O/c13-8-4-7(5-17-11(8)14)18-12(19)6-1-2-10(16)9(15)3-6/h1-5H,16H2,(H,18,19). The van der Waals surface area contributed by atoms with Gasteiger partial charge in [-0.3, -0.25) is 4.79 Å². The molecule has 0 aliphatic heterocycles. The average molecular weight is 345 g/mol. The molecule has 0 saturated heterocycles. The van der Waals surface area contributed by atoms with Gasteiger partial charge in [0.25, 0.3) is 5.91 Å². The summed E-state index contributed by atoms with van der Waals surface area (Å²) in [6.07, 6.45) is 1.40. The number of amides is 1. The zero-order valence-corrected chi connectivity index (χ0v) is 11.8. The molecule has 1 aromatic heterocycles. The van der Waals surface area contributed by atoms with E-state index in [0.29, 0.717) is 10.2 Å². The number of hydrogen-bond acceptors (Lipinski definition) is 3. The second kappa shape index (κ2) is 5.54. The smallest absolute Gasteiger partial charge is 0.255 e. The number of rotatable bonds is 2. The zero-order valence-electron chi connectivity index (χ0n) is 9.45. The van der Waals surface area contributed by atoms with Crippen molar-refractivity contribution < 1.29 is 9.18 Å². The van der Waals surface area contributed by atoms with Gasteiger partial charge in [-0.1, -0.05) is 11.6 Å². The summed E-state index contributed by atoms with van der Waals surface area (Å²) >= 11 is 8.93. The summed E-state index contributed by atoms with van der Waals surface area (Å²) in [6.45, 7) is 0. The molecule has 0 atom stereocenters. The molecule has 0 bridgehead atoms. The van der Waals surface area contributed by atoms with E-state index in [1.807, 2.05) is 0 Å². The third kappa shape index (κ3) is 3.21. The third-order valence-electron chi connectivity index (χ3n) is 2.32. The molecule has 7 heteroatoms. The summed E-state index contributed by atoms with van der Waals surface area (Å²) in [7, 11) is 0. The number of carbonyl (C=O) groups is 1. The van der Waals surface area contributed by atoms with Gasteiger partial charge in [0, 0.05) is 5.56 Å². The molecular formula is C12H8BrClFN3O. The highest BCUT2D eigenvalue weighted by atomic mass is 79.9. The molecule has 2 aromatic rings. The number of nitrogens with zero attached hydrogens (tertiary/aromatic N) is 1. The van der Waals surface area contributed by atoms with Crippen LogP contribution >= 0.6 is 27.5 Å². The summed E-state index contributed by atoms with van der Waals surface area (Å²) in [5.41, 5.74) is 5.94. The van der Waals surface area contributed by atoms with E-state index >= 15 is 0 Å². The summed E-state index contributed by atoms with van der Waals surface area (Å²) in [4.78, 5) is 15.7. The van der Waals surface area contributed by atoms with E-state index in [4.69, 9.17) is 17.3 Å². The summed E-state index contributed by atoms with van der Waals surface area (Å²) in [6, 6.07) is 5.44. The van der Waals surface area contributed by atoms with Gasteiger partial charge in [-0.05, 0) is 40.2 Å². The molecule has 2 rings (SSSR count). The number of anilines is 2. The van der Waals surface area contributed by atoms with Crippen LogP contribution in [0.15, 0.2) is 34.9 Å². The number of pyridine rings is 1. The largest absolute Gasteiger partial charge is 0.396 e. The maximum absolute atomic E-state index is 13.3. The lowest BCUT2D eigenvalue weighted by atomic mass is 10.2. The molecular weight excluding hydrogens is 337 g/mol. The van der Waals surface area contributed by atoms with Gasteiger partial charge in [0.05, 0.1) is 22.0 Å². The van der Waals surface area contributed by atoms with E-state index in [-0.39, 0.29) is 16.4 Å². The van der Waals surface area contributed by atoms with Crippen molar-refractivity contribution in [2.45, 2.75) is 0 Å². The Morgan fingerprint density at radius 2 is 2.16 bits per heavy atom. The first-order valence-electron chi connectivity index (χ1n) is 5.15. The minimum atomic E-state index is -0.636. The quantitative estimate of drug-likeness (QED) is 0.647. The molecule has 3 N–H and O–H groups in total. The van der Waals surface area contributed by atoms with Crippen LogP contribution in [-0.2, 0) is 0 Å². The van der Waals surface area contributed by atoms with E-state index < -0.39 is 11.7 Å². The number of aromatic nitrogens is 1. The molecule has 0 fully saturated rings. The van der Waals surface area contributed by atoms with Gasteiger partial charge in [0.1, 0.15) is 11.0 Å². The topological polar surface area (TPSA) is 68.0 Å². The monoisotopic (exact) mass is 343 g/mol. The van der Waals surface area contributed by atoms with Gasteiger partial charge in [-0.15, -0.1) is 0 Å². The van der Waals surface area contributed by atoms with Crippen LogP contribution in [0.1, 0.15) is 10.4 Å². The van der Waals surface area contributed by atoms with Crippen LogP contribution in [-0.4, -0.2) is 10.9 Å². The highest BCUT2D eigenvalue weighted by molar-refractivity contribution is 9.10. The van der Waals surface area contributed by atoms with E-state index in [1.54, 1.807) is 6.07 Å². The Morgan fingerprint density at radius 1 is 1.42 bits per heavy atom. The minimum absolute atomic E-state index is 0.00699. The van der Waals surface area contributed by atoms with E-state index in [0.717, 1.165) is 6.07 Å². The minimum Gasteiger partial charge on any atom is -0.396 e. The number of halogens is 3. The zero-order chi connectivity index (χ0) is 14.0. The summed E-state index contributed by atoms with van der Waals surface area (Å²) in [5.74, 6) is -1.10. The number of benzene rings is 1. The van der Waals surface area contributed by atoms with Gasteiger partial charge in [0.2, 0.25) is 0 Å². The van der Waals surface area contributed by atoms with Gasteiger partial charge < -0.3 is 11.1 Å². The van der Waals surface area contributed by atoms with E-state index in [2.05, 4.69) is 26.2 Å². The van der Waals surface area contributed by atoms with Crippen molar-refractivity contribution in [3.8, 4) is 0 Å². The van der Waals surface area contributed by atoms with E-state index in [9.17, 15) is 9.18 Å². The van der Waals surface area contributed by atoms with Crippen LogP contribution in [0.2, 0.25) is 5.15 Å². The van der Waals surface area contributed by atoms with Crippen LogP contribution in [0.25, 0.3) is 0 Å². The molecule has 0 aliphatic carbocycles. The molecule has 0 unspecified atom stereocenters. The van der Waals surface area contributed by atoms with Gasteiger partial charge in [-0.25, -0.2) is 9.37 Å². The first-order chi connectivity index (χ1) is 8.97. The number of hydrogen-bond donors (Lipinski definition) is 2. The Morgan fingerprint density at radius 3 is 2.79 bits per heavy atom. The lowest BCUT2D eigenvalue weighted by Gasteiger charge is -2.06. The maximum Gasteiger partial charge on any atom is 0.255 e. The van der Waals surface area contributed by atoms with Crippen molar-refractivity contribution in [1.29, 1.82) is 0 Å². The lowest BCUT2D eigenvalue weighted by molar-refractivity contribution is 0.102. The Balaban J connectivity index is 2.20. The highest BCUT2D eigenvalue weighted by Crippen LogP contribution is 2.23. The van der Waals surface area contributed by atoms with Crippen LogP contribution < -0.4 is 11.1 Å². The van der Waals surface area contributed by atoms with Crippen molar-refractivity contribution in [1.82, 2.24) is 4.98 Å². The van der Waals surface area contributed by atoms with Crippen molar-refractivity contribution in [3.05, 3.63) is 51.5 Å². The second-order valence-corrected chi connectivity index (χ2v) is 4.90. The molecule has 0 aliphatic rings. The molecule has 98 valence electrons. The molecule has 4 nitrogen and oxygen atoms in total. The van der Waals surface area contributed by atoms with Crippen LogP contribution in [0.4, 0.5) is 15.8 Å². The molecule has 0 radical (unpaired) electrons. The van der Waals surface area contributed by atoms with Gasteiger partial charge >= 0.3 is 0 Å². The predicted molar refractivity (Wildman–Crippen MR) is 75.7 cm³/mol. The lowest BCUT2D eigenvalue weighted by Crippen LogP contribution is -2.12. The fourth-order valence-electron chi connectivity index (χ4n) is 1.36. The predicted octanol–water partition coefficient (Wildman–Crippen LogP) is 3.47. The second-order valence-electron chi connectivity index (χ2n) is 3.69. The molecule has 0 spiro atoms. The van der Waals surface area contributed by atoms with Gasteiger partial charge in [-0.2, -0.15) is 0 Å². The Hall–Kier alpha value is -1.66. The number of nitrogen functional groups attached to an aromatic ring is 1. The first kappa shape index (κ1) is 13.8.